The molecule has 6 heteroatoms. The second kappa shape index (κ2) is 6.75. The van der Waals surface area contributed by atoms with Gasteiger partial charge in [0.1, 0.15) is 11.4 Å². The number of benzene rings is 1. The van der Waals surface area contributed by atoms with Gasteiger partial charge in [-0.1, -0.05) is 11.6 Å². The normalized spacial score (nSPS) is 21.1. The van der Waals surface area contributed by atoms with Crippen molar-refractivity contribution in [1.29, 1.82) is 0 Å². The number of carbonyl (C=O) groups is 1. The van der Waals surface area contributed by atoms with Crippen molar-refractivity contribution in [3.05, 3.63) is 28.8 Å². The van der Waals surface area contributed by atoms with Crippen LogP contribution in [0, 0.1) is 0 Å². The van der Waals surface area contributed by atoms with Crippen LogP contribution < -0.4 is 10.6 Å². The van der Waals surface area contributed by atoms with Crippen molar-refractivity contribution in [2.45, 2.75) is 57.8 Å². The van der Waals surface area contributed by atoms with Gasteiger partial charge in [0.2, 0.25) is 0 Å². The smallest absolute Gasteiger partial charge is 0.407 e. The van der Waals surface area contributed by atoms with Crippen LogP contribution in [0.2, 0.25) is 5.02 Å². The molecule has 1 aliphatic rings. The van der Waals surface area contributed by atoms with E-state index in [-0.39, 0.29) is 17.9 Å². The highest BCUT2D eigenvalue weighted by molar-refractivity contribution is 6.30. The van der Waals surface area contributed by atoms with Crippen molar-refractivity contribution < 1.29 is 14.6 Å². The molecule has 0 saturated heterocycles. The molecule has 0 bridgehead atoms. The fourth-order valence-electron chi connectivity index (χ4n) is 2.33. The Hall–Kier alpha value is -1.46. The maximum absolute atomic E-state index is 11.6. The Balaban J connectivity index is 1.69. The average molecular weight is 327 g/mol. The number of phenolic OH excluding ortho intramolecular Hbond substituents is 1. The number of phenols is 1. The molecule has 0 atom stereocenters. The van der Waals surface area contributed by atoms with Gasteiger partial charge in [-0.25, -0.2) is 4.79 Å². The summed E-state index contributed by atoms with van der Waals surface area (Å²) in [6.07, 6.45) is 1.32. The van der Waals surface area contributed by atoms with Gasteiger partial charge >= 0.3 is 6.09 Å². The van der Waals surface area contributed by atoms with Crippen LogP contribution in [0.3, 0.4) is 0 Å². The third-order valence-electron chi connectivity index (χ3n) is 3.48. The summed E-state index contributed by atoms with van der Waals surface area (Å²) in [6, 6.07) is 5.45. The number of carbonyl (C=O) groups excluding carboxylic acids is 1. The molecule has 0 radical (unpaired) electrons. The summed E-state index contributed by atoms with van der Waals surface area (Å²) in [7, 11) is 0. The molecular formula is C16H23ClN2O3. The monoisotopic (exact) mass is 326 g/mol. The van der Waals surface area contributed by atoms with Crippen molar-refractivity contribution in [2.75, 3.05) is 0 Å². The number of ether oxygens (including phenoxy) is 1. The standard InChI is InChI=1S/C16H23ClN2O3/c1-16(2,3)22-15(21)19-13-7-12(8-13)18-9-10-6-11(17)4-5-14(10)20/h4-6,12-13,18,20H,7-9H2,1-3H3,(H,19,21). The van der Waals surface area contributed by atoms with Gasteiger partial charge in [-0.15, -0.1) is 0 Å². The summed E-state index contributed by atoms with van der Waals surface area (Å²) < 4.78 is 5.22. The fraction of sp³-hybridized carbons (Fsp3) is 0.562. The van der Waals surface area contributed by atoms with E-state index in [4.69, 9.17) is 16.3 Å². The Morgan fingerprint density at radius 3 is 2.68 bits per heavy atom. The van der Waals surface area contributed by atoms with E-state index in [0.29, 0.717) is 17.6 Å². The number of aromatic hydroxyl groups is 1. The summed E-state index contributed by atoms with van der Waals surface area (Å²) in [5.41, 5.74) is 0.298. The van der Waals surface area contributed by atoms with Gasteiger partial charge in [-0.3, -0.25) is 0 Å². The van der Waals surface area contributed by atoms with E-state index in [1.54, 1.807) is 18.2 Å². The predicted molar refractivity (Wildman–Crippen MR) is 86.1 cm³/mol. The van der Waals surface area contributed by atoms with E-state index in [2.05, 4.69) is 10.6 Å². The van der Waals surface area contributed by atoms with Crippen LogP contribution in [0.15, 0.2) is 18.2 Å². The zero-order valence-electron chi connectivity index (χ0n) is 13.1. The number of hydrogen-bond acceptors (Lipinski definition) is 4. The first kappa shape index (κ1) is 16.9. The molecule has 0 aliphatic heterocycles. The Kier molecular flexibility index (Phi) is 5.19. The fourth-order valence-corrected chi connectivity index (χ4v) is 2.52. The molecule has 0 heterocycles. The lowest BCUT2D eigenvalue weighted by molar-refractivity contribution is 0.0465. The van der Waals surface area contributed by atoms with Crippen molar-refractivity contribution in [1.82, 2.24) is 10.6 Å². The number of hydrogen-bond donors (Lipinski definition) is 3. The largest absolute Gasteiger partial charge is 0.508 e. The van der Waals surface area contributed by atoms with E-state index in [1.807, 2.05) is 20.8 Å². The quantitative estimate of drug-likeness (QED) is 0.794. The van der Waals surface area contributed by atoms with Crippen LogP contribution in [0.25, 0.3) is 0 Å². The van der Waals surface area contributed by atoms with Gasteiger partial charge < -0.3 is 20.5 Å². The van der Waals surface area contributed by atoms with Crippen LogP contribution >= 0.6 is 11.6 Å². The third kappa shape index (κ3) is 5.07. The first-order chi connectivity index (χ1) is 10.2. The summed E-state index contributed by atoms with van der Waals surface area (Å²) in [4.78, 5) is 11.6. The Morgan fingerprint density at radius 2 is 2.05 bits per heavy atom. The second-order valence-corrected chi connectivity index (χ2v) is 7.10. The molecule has 1 fully saturated rings. The first-order valence-corrected chi connectivity index (χ1v) is 7.81. The van der Waals surface area contributed by atoms with Crippen molar-refractivity contribution in [2.24, 2.45) is 0 Å². The third-order valence-corrected chi connectivity index (χ3v) is 3.72. The summed E-state index contributed by atoms with van der Waals surface area (Å²) in [5, 5.41) is 16.5. The Morgan fingerprint density at radius 1 is 1.36 bits per heavy atom. The molecule has 0 unspecified atom stereocenters. The highest BCUT2D eigenvalue weighted by atomic mass is 35.5. The number of amides is 1. The first-order valence-electron chi connectivity index (χ1n) is 7.43. The van der Waals surface area contributed by atoms with Crippen molar-refractivity contribution in [3.63, 3.8) is 0 Å². The maximum Gasteiger partial charge on any atom is 0.407 e. The van der Waals surface area contributed by atoms with E-state index in [9.17, 15) is 9.90 Å². The van der Waals surface area contributed by atoms with E-state index in [1.165, 1.54) is 0 Å². The average Bonchev–Trinajstić information content (AvgIpc) is 2.33. The van der Waals surface area contributed by atoms with Crippen molar-refractivity contribution >= 4 is 17.7 Å². The number of alkyl carbamates (subject to hydrolysis) is 1. The minimum Gasteiger partial charge on any atom is -0.508 e. The highest BCUT2D eigenvalue weighted by Crippen LogP contribution is 2.24. The molecule has 22 heavy (non-hydrogen) atoms. The molecule has 0 spiro atoms. The molecule has 5 nitrogen and oxygen atoms in total. The summed E-state index contributed by atoms with van der Waals surface area (Å²) in [5.74, 6) is 0.236. The molecule has 1 aromatic rings. The number of halogens is 1. The Bertz CT molecular complexity index is 537. The van der Waals surface area contributed by atoms with Crippen LogP contribution in [0.4, 0.5) is 4.79 Å². The second-order valence-electron chi connectivity index (χ2n) is 6.67. The number of rotatable bonds is 4. The molecule has 1 aromatic carbocycles. The zero-order chi connectivity index (χ0) is 16.3. The molecule has 122 valence electrons. The molecule has 0 aromatic heterocycles. The van der Waals surface area contributed by atoms with Gasteiger partial charge in [-0.05, 0) is 51.8 Å². The van der Waals surface area contributed by atoms with Gasteiger partial charge in [0, 0.05) is 29.2 Å². The lowest BCUT2D eigenvalue weighted by Crippen LogP contribution is -2.52. The maximum atomic E-state index is 11.6. The molecular weight excluding hydrogens is 304 g/mol. The highest BCUT2D eigenvalue weighted by Gasteiger charge is 2.31. The molecule has 3 N–H and O–H groups in total. The van der Waals surface area contributed by atoms with Crippen molar-refractivity contribution in [3.8, 4) is 5.75 Å². The van der Waals surface area contributed by atoms with Gasteiger partial charge in [0.25, 0.3) is 0 Å². The topological polar surface area (TPSA) is 70.6 Å². The van der Waals surface area contributed by atoms with Crippen LogP contribution in [0.1, 0.15) is 39.2 Å². The minimum atomic E-state index is -0.477. The van der Waals surface area contributed by atoms with E-state index < -0.39 is 5.60 Å². The van der Waals surface area contributed by atoms with E-state index >= 15 is 0 Å². The van der Waals surface area contributed by atoms with Crippen LogP contribution in [-0.4, -0.2) is 28.9 Å². The molecule has 2 rings (SSSR count). The molecule has 1 amide bonds. The minimum absolute atomic E-state index is 0.139. The van der Waals surface area contributed by atoms with Crippen LogP contribution in [-0.2, 0) is 11.3 Å². The zero-order valence-corrected chi connectivity index (χ0v) is 13.9. The summed E-state index contributed by atoms with van der Waals surface area (Å²) in [6.45, 7) is 6.08. The summed E-state index contributed by atoms with van der Waals surface area (Å²) >= 11 is 5.91. The van der Waals surface area contributed by atoms with Gasteiger partial charge in [0.05, 0.1) is 0 Å². The Labute approximate surface area is 136 Å². The van der Waals surface area contributed by atoms with Crippen LogP contribution in [0.5, 0.6) is 5.75 Å². The SMILES string of the molecule is CC(C)(C)OC(=O)NC1CC(NCc2cc(Cl)ccc2O)C1. The molecule has 1 aliphatic carbocycles. The lowest BCUT2D eigenvalue weighted by atomic mass is 9.86. The van der Waals surface area contributed by atoms with Gasteiger partial charge in [-0.2, -0.15) is 0 Å². The predicted octanol–water partition coefficient (Wildman–Crippen LogP) is 3.19. The van der Waals surface area contributed by atoms with Gasteiger partial charge in [0.15, 0.2) is 0 Å². The molecule has 1 saturated carbocycles. The number of nitrogens with one attached hydrogen (secondary N) is 2. The van der Waals surface area contributed by atoms with E-state index in [0.717, 1.165) is 18.4 Å². The lowest BCUT2D eigenvalue weighted by Gasteiger charge is -2.36.